The van der Waals surface area contributed by atoms with Crippen molar-refractivity contribution in [1.29, 1.82) is 0 Å². The monoisotopic (exact) mass is 237 g/mol. The van der Waals surface area contributed by atoms with Gasteiger partial charge in [0.25, 0.3) is 0 Å². The van der Waals surface area contributed by atoms with Gasteiger partial charge in [-0.3, -0.25) is 4.79 Å². The molecule has 3 atom stereocenters. The summed E-state index contributed by atoms with van der Waals surface area (Å²) in [5.41, 5.74) is 0. The Labute approximate surface area is 103 Å². The summed E-state index contributed by atoms with van der Waals surface area (Å²) in [5, 5.41) is 6.62. The molecule has 4 nitrogen and oxygen atoms in total. The lowest BCUT2D eigenvalue weighted by Crippen LogP contribution is -2.44. The average molecular weight is 237 g/mol. The van der Waals surface area contributed by atoms with Gasteiger partial charge >= 0.3 is 0 Å². The van der Waals surface area contributed by atoms with Crippen LogP contribution in [0.3, 0.4) is 0 Å². The average Bonchev–Trinajstić information content (AvgIpc) is 3.04. The van der Waals surface area contributed by atoms with Crippen LogP contribution in [-0.4, -0.2) is 49.1 Å². The Morgan fingerprint density at radius 1 is 1.18 bits per heavy atom. The number of hydrogen-bond donors (Lipinski definition) is 2. The Morgan fingerprint density at radius 2 is 2.00 bits per heavy atom. The van der Waals surface area contributed by atoms with Gasteiger partial charge < -0.3 is 15.5 Å². The molecule has 96 valence electrons. The first-order valence-electron chi connectivity index (χ1n) is 7.06. The lowest BCUT2D eigenvalue weighted by molar-refractivity contribution is -0.121. The molecule has 0 spiro atoms. The van der Waals surface area contributed by atoms with Crippen LogP contribution in [0.5, 0.6) is 0 Å². The van der Waals surface area contributed by atoms with Crippen molar-refractivity contribution < 1.29 is 4.79 Å². The summed E-state index contributed by atoms with van der Waals surface area (Å²) in [4.78, 5) is 14.1. The second kappa shape index (κ2) is 4.94. The van der Waals surface area contributed by atoms with Gasteiger partial charge in [0.15, 0.2) is 0 Å². The van der Waals surface area contributed by atoms with Crippen LogP contribution in [0.25, 0.3) is 0 Å². The van der Waals surface area contributed by atoms with Crippen LogP contribution < -0.4 is 10.6 Å². The number of amides is 1. The molecule has 2 heterocycles. The van der Waals surface area contributed by atoms with E-state index in [1.54, 1.807) is 0 Å². The predicted molar refractivity (Wildman–Crippen MR) is 66.7 cm³/mol. The molecule has 2 N–H and O–H groups in total. The second-order valence-electron chi connectivity index (χ2n) is 5.79. The number of hydrogen-bond acceptors (Lipinski definition) is 3. The Bertz CT molecular complexity index is 290. The van der Waals surface area contributed by atoms with Crippen LogP contribution >= 0.6 is 0 Å². The highest BCUT2D eigenvalue weighted by molar-refractivity contribution is 5.76. The van der Waals surface area contributed by atoms with Crippen LogP contribution in [0.15, 0.2) is 0 Å². The van der Waals surface area contributed by atoms with Crippen molar-refractivity contribution in [2.45, 2.75) is 44.2 Å². The first kappa shape index (κ1) is 11.5. The third-order valence-electron chi connectivity index (χ3n) is 4.34. The smallest absolute Gasteiger partial charge is 0.221 e. The van der Waals surface area contributed by atoms with Crippen molar-refractivity contribution in [3.63, 3.8) is 0 Å². The molecule has 3 aliphatic rings. The molecule has 1 saturated carbocycles. The van der Waals surface area contributed by atoms with Crippen molar-refractivity contribution in [3.05, 3.63) is 0 Å². The van der Waals surface area contributed by atoms with Crippen LogP contribution in [0.1, 0.15) is 32.1 Å². The minimum absolute atomic E-state index is 0.226. The molecule has 4 heteroatoms. The normalized spacial score (nSPS) is 35.9. The second-order valence-corrected chi connectivity index (χ2v) is 5.79. The third-order valence-corrected chi connectivity index (χ3v) is 4.34. The quantitative estimate of drug-likeness (QED) is 0.725. The molecule has 3 unspecified atom stereocenters. The molecule has 1 aliphatic carbocycles. The number of carbonyl (C=O) groups excluding carboxylic acids is 1. The number of nitrogens with one attached hydrogen (secondary N) is 2. The Kier molecular flexibility index (Phi) is 3.34. The molecule has 2 aliphatic heterocycles. The molecule has 0 aromatic heterocycles. The van der Waals surface area contributed by atoms with E-state index >= 15 is 0 Å². The molecule has 0 radical (unpaired) electrons. The molecular formula is C13H23N3O. The number of rotatable bonds is 5. The van der Waals surface area contributed by atoms with E-state index < -0.39 is 0 Å². The number of piperidine rings is 1. The van der Waals surface area contributed by atoms with Crippen LogP contribution in [-0.2, 0) is 4.79 Å². The minimum atomic E-state index is 0.226. The van der Waals surface area contributed by atoms with Crippen molar-refractivity contribution >= 4 is 5.91 Å². The van der Waals surface area contributed by atoms with E-state index in [2.05, 4.69) is 15.5 Å². The van der Waals surface area contributed by atoms with Crippen molar-refractivity contribution in [2.75, 3.05) is 26.2 Å². The van der Waals surface area contributed by atoms with Gasteiger partial charge in [0.1, 0.15) is 0 Å². The zero-order valence-electron chi connectivity index (χ0n) is 10.5. The SMILES string of the molecule is O=C(CCNC1CCN2CCC1C2)NC1CC1. The van der Waals surface area contributed by atoms with Gasteiger partial charge in [0, 0.05) is 31.6 Å². The summed E-state index contributed by atoms with van der Waals surface area (Å²) >= 11 is 0. The fraction of sp³-hybridized carbons (Fsp3) is 0.923. The number of fused-ring (bicyclic) bond motifs is 2. The topological polar surface area (TPSA) is 44.4 Å². The van der Waals surface area contributed by atoms with E-state index in [9.17, 15) is 4.79 Å². The molecule has 3 rings (SSSR count). The Morgan fingerprint density at radius 3 is 2.82 bits per heavy atom. The third kappa shape index (κ3) is 2.99. The first-order chi connectivity index (χ1) is 8.31. The Hall–Kier alpha value is -0.610. The van der Waals surface area contributed by atoms with E-state index in [4.69, 9.17) is 0 Å². The fourth-order valence-electron chi connectivity index (χ4n) is 3.12. The number of carbonyl (C=O) groups is 1. The maximum atomic E-state index is 11.5. The van der Waals surface area contributed by atoms with E-state index in [-0.39, 0.29) is 5.91 Å². The van der Waals surface area contributed by atoms with Crippen molar-refractivity contribution in [3.8, 4) is 0 Å². The molecule has 1 amide bonds. The maximum absolute atomic E-state index is 11.5. The predicted octanol–water partition coefficient (Wildman–Crippen LogP) is 0.339. The minimum Gasteiger partial charge on any atom is -0.353 e. The van der Waals surface area contributed by atoms with Gasteiger partial charge in [-0.25, -0.2) is 0 Å². The first-order valence-corrected chi connectivity index (χ1v) is 7.06. The molecule has 2 saturated heterocycles. The number of nitrogens with zero attached hydrogens (tertiary/aromatic N) is 1. The largest absolute Gasteiger partial charge is 0.353 e. The summed E-state index contributed by atoms with van der Waals surface area (Å²) in [6.07, 6.45) is 5.60. The van der Waals surface area contributed by atoms with Gasteiger partial charge in [0.2, 0.25) is 5.91 Å². The van der Waals surface area contributed by atoms with Gasteiger partial charge in [-0.1, -0.05) is 0 Å². The van der Waals surface area contributed by atoms with E-state index in [1.165, 1.54) is 45.3 Å². The summed E-state index contributed by atoms with van der Waals surface area (Å²) in [7, 11) is 0. The molecule has 0 aromatic carbocycles. The zero-order chi connectivity index (χ0) is 11.7. The lowest BCUT2D eigenvalue weighted by atomic mass is 9.94. The highest BCUT2D eigenvalue weighted by atomic mass is 16.1. The van der Waals surface area contributed by atoms with Gasteiger partial charge in [-0.05, 0) is 44.7 Å². The van der Waals surface area contributed by atoms with Crippen molar-refractivity contribution in [1.82, 2.24) is 15.5 Å². The molecule has 2 bridgehead atoms. The van der Waals surface area contributed by atoms with Gasteiger partial charge in [0.05, 0.1) is 0 Å². The van der Waals surface area contributed by atoms with E-state index in [0.29, 0.717) is 18.5 Å². The Balaban J connectivity index is 1.34. The zero-order valence-corrected chi connectivity index (χ0v) is 10.5. The summed E-state index contributed by atoms with van der Waals surface area (Å²) in [6.45, 7) is 4.64. The summed E-state index contributed by atoms with van der Waals surface area (Å²) < 4.78 is 0. The fourth-order valence-corrected chi connectivity index (χ4v) is 3.12. The molecule has 17 heavy (non-hydrogen) atoms. The van der Waals surface area contributed by atoms with E-state index in [0.717, 1.165) is 12.5 Å². The van der Waals surface area contributed by atoms with Crippen molar-refractivity contribution in [2.24, 2.45) is 5.92 Å². The molecule has 0 aromatic rings. The van der Waals surface area contributed by atoms with Crippen LogP contribution in [0, 0.1) is 5.92 Å². The van der Waals surface area contributed by atoms with E-state index in [1.807, 2.05) is 0 Å². The van der Waals surface area contributed by atoms with Gasteiger partial charge in [-0.2, -0.15) is 0 Å². The van der Waals surface area contributed by atoms with Crippen LogP contribution in [0.4, 0.5) is 0 Å². The molecular weight excluding hydrogens is 214 g/mol. The summed E-state index contributed by atoms with van der Waals surface area (Å²) in [6, 6.07) is 1.16. The molecule has 3 fully saturated rings. The lowest BCUT2D eigenvalue weighted by Gasteiger charge is -2.31. The summed E-state index contributed by atoms with van der Waals surface area (Å²) in [5.74, 6) is 1.05. The van der Waals surface area contributed by atoms with Gasteiger partial charge in [-0.15, -0.1) is 0 Å². The van der Waals surface area contributed by atoms with Crippen LogP contribution in [0.2, 0.25) is 0 Å². The highest BCUT2D eigenvalue weighted by Gasteiger charge is 2.33. The maximum Gasteiger partial charge on any atom is 0.221 e. The standard InChI is InChI=1S/C13H23N3O/c17-13(15-11-1-2-11)3-6-14-12-5-8-16-7-4-10(12)9-16/h10-12,14H,1-9H2,(H,15,17). The highest BCUT2D eigenvalue weighted by Crippen LogP contribution is 2.26.